The Hall–Kier alpha value is -5.69. The number of hydrogen-bond acceptors (Lipinski definition) is 5. The van der Waals surface area contributed by atoms with Crippen LogP contribution in [0, 0.1) is 0 Å². The third kappa shape index (κ3) is 32.7. The molecule has 0 radical (unpaired) electrons. The van der Waals surface area contributed by atoms with Crippen LogP contribution < -0.4 is 0 Å². The van der Waals surface area contributed by atoms with E-state index in [2.05, 4.69) is 120 Å². The van der Waals surface area contributed by atoms with E-state index >= 15 is 0 Å². The Morgan fingerprint density at radius 2 is 0.358 bits per heavy atom. The van der Waals surface area contributed by atoms with Crippen LogP contribution in [0.5, 0.6) is 0 Å². The summed E-state index contributed by atoms with van der Waals surface area (Å²) in [5.74, 6) is 2.56. The molecular weight excluding hydrogens is 1460 g/mol. The molecule has 0 unspecified atom stereocenters. The first-order valence-corrected chi connectivity index (χ1v) is 52.9. The number of benzene rings is 4. The first kappa shape index (κ1) is 98.1. The van der Waals surface area contributed by atoms with E-state index in [0.717, 1.165) is 123 Å². The van der Waals surface area contributed by atoms with E-state index in [9.17, 15) is 0 Å². The molecule has 0 saturated heterocycles. The average Bonchev–Trinajstić information content (AvgIpc) is 1.58. The van der Waals surface area contributed by atoms with Crippen molar-refractivity contribution in [1.29, 1.82) is 0 Å². The first-order valence-electron chi connectivity index (χ1n) is 52.9. The zero-order valence-corrected chi connectivity index (χ0v) is 79.3. The van der Waals surface area contributed by atoms with E-state index in [0.29, 0.717) is 0 Å². The number of rotatable bonds is 72. The quantitative estimate of drug-likeness (QED) is 0.0370. The molecule has 7 heteroatoms. The Morgan fingerprint density at radius 3 is 0.617 bits per heavy atom. The lowest BCUT2D eigenvalue weighted by molar-refractivity contribution is 0.575. The number of unbranched alkanes of at least 4 members (excludes halogenated alkanes) is 56. The smallest absolute Gasteiger partial charge is 0.165 e. The largest absolute Gasteiger partial charge is 0.339 e. The van der Waals surface area contributed by atoms with E-state index in [1.165, 1.54) is 474 Å². The van der Waals surface area contributed by atoms with Crippen molar-refractivity contribution in [2.45, 2.75) is 518 Å². The predicted molar refractivity (Wildman–Crippen MR) is 529 cm³/mol. The lowest BCUT2D eigenvalue weighted by Crippen LogP contribution is -1.98. The second-order valence-corrected chi connectivity index (χ2v) is 38.1. The second-order valence-electron chi connectivity index (χ2n) is 38.1. The summed E-state index contributed by atoms with van der Waals surface area (Å²) in [7, 11) is 0. The summed E-state index contributed by atoms with van der Waals surface area (Å²) in [6.07, 6.45) is 91.4. The van der Waals surface area contributed by atoms with Crippen LogP contribution in [-0.4, -0.2) is 34.9 Å². The second kappa shape index (κ2) is 60.0. The van der Waals surface area contributed by atoms with Crippen LogP contribution in [0.2, 0.25) is 0 Å². The molecule has 2 N–H and O–H groups in total. The SMILES string of the molecule is CCCCCCCCCCc1ccc(CCCCCCCCCC)c2c1-c1cc3[nH]c(nc4nc(nc5[nH]c(nc-2n1)c1c(CCCCCCCCCC)ccc(CCCCCCCCCC)c51)-c1c(CCCCCCCCCC)ccc(CCCCCCCCCC)c1-4)c1c(CCCCCCCCCC)ccc(CCCCCCCCCC)c31. The molecule has 120 heavy (non-hydrogen) atoms. The Balaban J connectivity index is 1.37. The van der Waals surface area contributed by atoms with Crippen molar-refractivity contribution in [3.63, 3.8) is 0 Å². The summed E-state index contributed by atoms with van der Waals surface area (Å²) in [4.78, 5) is 39.7. The van der Waals surface area contributed by atoms with Crippen molar-refractivity contribution < 1.29 is 0 Å². The maximum absolute atomic E-state index is 6.29. The van der Waals surface area contributed by atoms with Crippen LogP contribution in [0.4, 0.5) is 0 Å². The standard InChI is InChI=1S/C113H179N7/c1-9-17-25-33-41-49-57-65-73-90-81-83-92(75-67-59-51-43-35-27-19-11-3)102-100(90)98-89-99-101-91(74-66-58-50-42-34-26-18-10-2)82-84-93(76-68-60-52-44-36-28-20-12-4)103(101)109(115-99)117-111-105-95(78-70-62-54-46-38-30-22-14-6)86-88-97(80-72-64-56-48-40-32-24-16-8)107(105)113(119-111)120-112-106-96(79-71-63-55-47-39-31-23-15-7)87-85-94(77-69-61-53-45-37-29-21-13-5)104(106)110(118-112)116-108(102)114-98/h81-89H,9-80H2,1-8H3,(H2,114,115,116,117,118,119,120). The van der Waals surface area contributed by atoms with E-state index in [1.807, 2.05) is 0 Å². The fraction of sp³-hybridized carbons (Fsp3) is 0.708. The highest BCUT2D eigenvalue weighted by molar-refractivity contribution is 6.11. The van der Waals surface area contributed by atoms with Crippen LogP contribution in [0.1, 0.15) is 511 Å². The van der Waals surface area contributed by atoms with Gasteiger partial charge in [0, 0.05) is 43.8 Å². The zero-order chi connectivity index (χ0) is 84.1. The van der Waals surface area contributed by atoms with Crippen molar-refractivity contribution in [3.05, 3.63) is 99.1 Å². The molecule has 0 atom stereocenters. The monoisotopic (exact) mass is 1630 g/mol. The predicted octanol–water partition coefficient (Wildman–Crippen LogP) is 36.9. The van der Waals surface area contributed by atoms with E-state index < -0.39 is 0 Å². The fourth-order valence-electron chi connectivity index (χ4n) is 20.3. The van der Waals surface area contributed by atoms with Crippen molar-refractivity contribution in [2.75, 3.05) is 0 Å². The van der Waals surface area contributed by atoms with E-state index in [4.69, 9.17) is 24.9 Å². The van der Waals surface area contributed by atoms with Gasteiger partial charge in [-0.15, -0.1) is 0 Å². The molecule has 7 nitrogen and oxygen atoms in total. The molecule has 0 amide bonds. The van der Waals surface area contributed by atoms with Crippen LogP contribution in [0.3, 0.4) is 0 Å². The molecule has 2 aliphatic rings. The average molecular weight is 1640 g/mol. The third-order valence-corrected chi connectivity index (χ3v) is 27.7. The molecule has 3 aromatic heterocycles. The lowest BCUT2D eigenvalue weighted by Gasteiger charge is -2.14. The third-order valence-electron chi connectivity index (χ3n) is 27.7. The van der Waals surface area contributed by atoms with Crippen molar-refractivity contribution in [3.8, 4) is 45.4 Å². The van der Waals surface area contributed by atoms with Gasteiger partial charge in [-0.2, -0.15) is 0 Å². The highest BCUT2D eigenvalue weighted by Crippen LogP contribution is 2.46. The molecule has 0 fully saturated rings. The molecule has 0 aliphatic carbocycles. The van der Waals surface area contributed by atoms with E-state index in [-0.39, 0.29) is 0 Å². The van der Waals surface area contributed by atoms with Gasteiger partial charge >= 0.3 is 0 Å². The summed E-state index contributed by atoms with van der Waals surface area (Å²) in [5, 5.41) is 5.20. The van der Waals surface area contributed by atoms with Gasteiger partial charge in [0.2, 0.25) is 0 Å². The van der Waals surface area contributed by atoms with Gasteiger partial charge in [-0.3, -0.25) is 0 Å². The van der Waals surface area contributed by atoms with Gasteiger partial charge in [-0.05, 0) is 153 Å². The Bertz CT molecular complexity index is 3590. The number of aryl methyl sites for hydroxylation is 8. The van der Waals surface area contributed by atoms with Crippen LogP contribution >= 0.6 is 0 Å². The molecular formula is C113H179N7. The summed E-state index contributed by atoms with van der Waals surface area (Å²) in [6, 6.07) is 23.0. The van der Waals surface area contributed by atoms with Gasteiger partial charge in [0.25, 0.3) is 0 Å². The first-order chi connectivity index (χ1) is 59.4. The minimum atomic E-state index is 0.832. The number of hydrogen-bond donors (Lipinski definition) is 2. The van der Waals surface area contributed by atoms with Crippen LogP contribution in [0.15, 0.2) is 54.6 Å². The number of aromatic amines is 2. The summed E-state index contributed by atoms with van der Waals surface area (Å²) in [6.45, 7) is 18.8. The molecule has 8 bridgehead atoms. The Morgan fingerprint density at radius 1 is 0.175 bits per heavy atom. The van der Waals surface area contributed by atoms with Crippen molar-refractivity contribution in [2.24, 2.45) is 0 Å². The highest BCUT2D eigenvalue weighted by Gasteiger charge is 2.30. The maximum atomic E-state index is 6.29. The fourth-order valence-corrected chi connectivity index (χ4v) is 20.3. The molecule has 7 aromatic rings. The van der Waals surface area contributed by atoms with Gasteiger partial charge in [0.1, 0.15) is 16.9 Å². The maximum Gasteiger partial charge on any atom is 0.165 e. The Kier molecular flexibility index (Phi) is 49.1. The normalized spacial score (nSPS) is 12.1. The van der Waals surface area contributed by atoms with Crippen LogP contribution in [0.25, 0.3) is 89.4 Å². The number of fused-ring (bicyclic) bond motifs is 20. The Labute approximate surface area is 736 Å². The van der Waals surface area contributed by atoms with Crippen LogP contribution in [-0.2, 0) is 51.4 Å². The van der Waals surface area contributed by atoms with Crippen molar-refractivity contribution >= 4 is 44.0 Å². The van der Waals surface area contributed by atoms with Gasteiger partial charge in [0.05, 0.1) is 11.2 Å². The van der Waals surface area contributed by atoms with Crippen molar-refractivity contribution in [1.82, 2.24) is 34.9 Å². The van der Waals surface area contributed by atoms with Gasteiger partial charge < -0.3 is 9.97 Å². The van der Waals surface area contributed by atoms with Gasteiger partial charge in [-0.1, -0.05) is 463 Å². The summed E-state index contributed by atoms with van der Waals surface area (Å²) in [5.41, 5.74) is 21.4. The topological polar surface area (TPSA) is 96.0 Å². The zero-order valence-electron chi connectivity index (χ0n) is 79.3. The number of nitrogens with zero attached hydrogens (tertiary/aromatic N) is 5. The highest BCUT2D eigenvalue weighted by atomic mass is 15.0. The molecule has 5 heterocycles. The lowest BCUT2D eigenvalue weighted by atomic mass is 9.89. The molecule has 4 aromatic carbocycles. The van der Waals surface area contributed by atoms with E-state index in [1.54, 1.807) is 0 Å². The molecule has 9 rings (SSSR count). The minimum absolute atomic E-state index is 0.832. The molecule has 0 spiro atoms. The summed E-state index contributed by atoms with van der Waals surface area (Å²) >= 11 is 0. The van der Waals surface area contributed by atoms with Gasteiger partial charge in [-0.25, -0.2) is 24.9 Å². The number of aromatic nitrogens is 7. The van der Waals surface area contributed by atoms with Gasteiger partial charge in [0.15, 0.2) is 17.5 Å². The number of nitrogens with one attached hydrogen (secondary N) is 2. The summed E-state index contributed by atoms with van der Waals surface area (Å²) < 4.78 is 0. The molecule has 0 saturated carbocycles. The minimum Gasteiger partial charge on any atom is -0.339 e. The molecule has 666 valence electrons. The molecule has 2 aliphatic heterocycles. The number of H-pyrrole nitrogens is 2.